The van der Waals surface area contributed by atoms with E-state index in [9.17, 15) is 5.26 Å². The number of hydrogen-bond donors (Lipinski definition) is 1. The molecule has 0 unspecified atom stereocenters. The summed E-state index contributed by atoms with van der Waals surface area (Å²) in [5, 5.41) is 12.6. The summed E-state index contributed by atoms with van der Waals surface area (Å²) < 4.78 is 0. The molecule has 0 fully saturated rings. The number of benzene rings is 1. The number of halogens is 1. The minimum absolute atomic E-state index is 0. The standard InChI is InChI=1S/C22H23N5.ClH/c1-15-8-10-25-21(11-15)24-9-4-5-19-13-20(27-22(14-23)26-19)18-7-6-16(2)17(3)12-18;/h6-8,10-13H,4-5,9H2,1-3H3,(H,24,25);1H. The van der Waals surface area contributed by atoms with Gasteiger partial charge in [-0.2, -0.15) is 5.26 Å². The zero-order valence-corrected chi connectivity index (χ0v) is 17.2. The molecule has 2 aromatic heterocycles. The van der Waals surface area contributed by atoms with E-state index in [2.05, 4.69) is 52.3 Å². The first-order valence-corrected chi connectivity index (χ1v) is 9.07. The van der Waals surface area contributed by atoms with Crippen LogP contribution in [0, 0.1) is 32.1 Å². The Morgan fingerprint density at radius 1 is 1.00 bits per heavy atom. The Bertz CT molecular complexity index is 994. The molecule has 0 aliphatic carbocycles. The van der Waals surface area contributed by atoms with Gasteiger partial charge in [-0.05, 0) is 74.6 Å². The molecular formula is C22H24ClN5. The van der Waals surface area contributed by atoms with Crippen molar-refractivity contribution in [3.8, 4) is 17.3 Å². The van der Waals surface area contributed by atoms with Crippen molar-refractivity contribution >= 4 is 18.2 Å². The minimum atomic E-state index is 0. The number of hydrogen-bond acceptors (Lipinski definition) is 5. The van der Waals surface area contributed by atoms with Crippen LogP contribution in [0.15, 0.2) is 42.6 Å². The number of nitrogens with one attached hydrogen (secondary N) is 1. The van der Waals surface area contributed by atoms with Crippen LogP contribution in [0.3, 0.4) is 0 Å². The lowest BCUT2D eigenvalue weighted by Crippen LogP contribution is -2.06. The molecule has 0 saturated heterocycles. The molecule has 3 rings (SSSR count). The zero-order valence-electron chi connectivity index (χ0n) is 16.4. The van der Waals surface area contributed by atoms with E-state index in [1.165, 1.54) is 16.7 Å². The Labute approximate surface area is 172 Å². The van der Waals surface area contributed by atoms with Gasteiger partial charge in [-0.3, -0.25) is 0 Å². The number of aryl methyl sites for hydroxylation is 4. The maximum absolute atomic E-state index is 9.28. The van der Waals surface area contributed by atoms with Crippen LogP contribution >= 0.6 is 12.4 Å². The predicted molar refractivity (Wildman–Crippen MR) is 115 cm³/mol. The molecule has 6 heteroatoms. The number of aromatic nitrogens is 3. The quantitative estimate of drug-likeness (QED) is 0.608. The van der Waals surface area contributed by atoms with Gasteiger partial charge in [0.15, 0.2) is 0 Å². The van der Waals surface area contributed by atoms with Gasteiger partial charge in [0.2, 0.25) is 5.82 Å². The van der Waals surface area contributed by atoms with Gasteiger partial charge in [0.25, 0.3) is 0 Å². The van der Waals surface area contributed by atoms with Crippen LogP contribution in [-0.2, 0) is 6.42 Å². The van der Waals surface area contributed by atoms with Crippen LogP contribution < -0.4 is 5.32 Å². The summed E-state index contributed by atoms with van der Waals surface area (Å²) in [6.07, 6.45) is 3.47. The fraction of sp³-hybridized carbons (Fsp3) is 0.273. The van der Waals surface area contributed by atoms with Gasteiger partial charge >= 0.3 is 0 Å². The normalized spacial score (nSPS) is 10.1. The van der Waals surface area contributed by atoms with Crippen LogP contribution in [0.5, 0.6) is 0 Å². The van der Waals surface area contributed by atoms with Crippen LogP contribution in [0.4, 0.5) is 5.82 Å². The molecule has 144 valence electrons. The molecule has 0 radical (unpaired) electrons. The van der Waals surface area contributed by atoms with Crippen molar-refractivity contribution in [3.05, 3.63) is 70.8 Å². The van der Waals surface area contributed by atoms with E-state index in [-0.39, 0.29) is 18.2 Å². The Morgan fingerprint density at radius 3 is 2.54 bits per heavy atom. The molecule has 28 heavy (non-hydrogen) atoms. The highest BCUT2D eigenvalue weighted by molar-refractivity contribution is 5.85. The van der Waals surface area contributed by atoms with Crippen molar-refractivity contribution in [1.82, 2.24) is 15.0 Å². The van der Waals surface area contributed by atoms with Crippen molar-refractivity contribution in [2.75, 3.05) is 11.9 Å². The van der Waals surface area contributed by atoms with Gasteiger partial charge in [-0.25, -0.2) is 15.0 Å². The third-order valence-corrected chi connectivity index (χ3v) is 4.51. The van der Waals surface area contributed by atoms with Crippen LogP contribution in [0.2, 0.25) is 0 Å². The second-order valence-electron chi connectivity index (χ2n) is 6.73. The molecule has 0 spiro atoms. The van der Waals surface area contributed by atoms with Gasteiger partial charge in [0.1, 0.15) is 11.9 Å². The zero-order chi connectivity index (χ0) is 19.2. The van der Waals surface area contributed by atoms with Crippen molar-refractivity contribution in [1.29, 1.82) is 5.26 Å². The SMILES string of the molecule is Cc1ccnc(NCCCc2cc(-c3ccc(C)c(C)c3)nc(C#N)n2)c1.Cl. The summed E-state index contributed by atoms with van der Waals surface area (Å²) in [6, 6.07) is 14.3. The molecule has 0 saturated carbocycles. The summed E-state index contributed by atoms with van der Waals surface area (Å²) in [4.78, 5) is 13.0. The molecule has 2 heterocycles. The van der Waals surface area contributed by atoms with Gasteiger partial charge < -0.3 is 5.32 Å². The number of anilines is 1. The Morgan fingerprint density at radius 2 is 1.82 bits per heavy atom. The number of nitriles is 1. The van der Waals surface area contributed by atoms with Gasteiger partial charge in [0.05, 0.1) is 5.69 Å². The summed E-state index contributed by atoms with van der Waals surface area (Å²) in [6.45, 7) is 7.01. The molecule has 3 aromatic rings. The largest absolute Gasteiger partial charge is 0.370 e. The van der Waals surface area contributed by atoms with E-state index < -0.39 is 0 Å². The van der Waals surface area contributed by atoms with Crippen molar-refractivity contribution in [2.24, 2.45) is 0 Å². The molecule has 0 aliphatic heterocycles. The molecule has 0 bridgehead atoms. The Hall–Kier alpha value is -2.97. The minimum Gasteiger partial charge on any atom is -0.370 e. The summed E-state index contributed by atoms with van der Waals surface area (Å²) in [5.74, 6) is 1.10. The lowest BCUT2D eigenvalue weighted by molar-refractivity contribution is 0.824. The lowest BCUT2D eigenvalue weighted by Gasteiger charge is -2.09. The van der Waals surface area contributed by atoms with Crippen LogP contribution in [0.25, 0.3) is 11.3 Å². The van der Waals surface area contributed by atoms with Crippen LogP contribution in [0.1, 0.15) is 34.6 Å². The maximum atomic E-state index is 9.28. The maximum Gasteiger partial charge on any atom is 0.232 e. The van der Waals surface area contributed by atoms with Gasteiger partial charge in [0, 0.05) is 24.0 Å². The second kappa shape index (κ2) is 9.82. The molecule has 5 nitrogen and oxygen atoms in total. The topological polar surface area (TPSA) is 74.5 Å². The monoisotopic (exact) mass is 393 g/mol. The third kappa shape index (κ3) is 5.51. The van der Waals surface area contributed by atoms with Crippen molar-refractivity contribution < 1.29 is 0 Å². The molecule has 0 aliphatic rings. The first-order valence-electron chi connectivity index (χ1n) is 9.07. The Kier molecular flexibility index (Phi) is 7.48. The van der Waals surface area contributed by atoms with E-state index in [0.29, 0.717) is 0 Å². The van der Waals surface area contributed by atoms with E-state index in [0.717, 1.165) is 42.2 Å². The van der Waals surface area contributed by atoms with Crippen molar-refractivity contribution in [2.45, 2.75) is 33.6 Å². The summed E-state index contributed by atoms with van der Waals surface area (Å²) >= 11 is 0. The van der Waals surface area contributed by atoms with E-state index in [1.807, 2.05) is 31.2 Å². The second-order valence-corrected chi connectivity index (χ2v) is 6.73. The first kappa shape index (κ1) is 21.3. The van der Waals surface area contributed by atoms with E-state index >= 15 is 0 Å². The molecule has 1 N–H and O–H groups in total. The number of nitrogens with zero attached hydrogens (tertiary/aromatic N) is 4. The van der Waals surface area contributed by atoms with E-state index in [1.54, 1.807) is 6.20 Å². The van der Waals surface area contributed by atoms with Gasteiger partial charge in [-0.1, -0.05) is 12.1 Å². The highest BCUT2D eigenvalue weighted by atomic mass is 35.5. The Balaban J connectivity index is 0.00000280. The first-order chi connectivity index (χ1) is 13.0. The molecule has 0 atom stereocenters. The number of pyridine rings is 1. The third-order valence-electron chi connectivity index (χ3n) is 4.51. The molecule has 1 aromatic carbocycles. The molecule has 0 amide bonds. The van der Waals surface area contributed by atoms with E-state index in [4.69, 9.17) is 0 Å². The summed E-state index contributed by atoms with van der Waals surface area (Å²) in [5.41, 5.74) is 6.33. The fourth-order valence-electron chi connectivity index (χ4n) is 2.84. The predicted octanol–water partition coefficient (Wildman–Crippen LogP) is 4.80. The average Bonchev–Trinajstić information content (AvgIpc) is 2.67. The smallest absolute Gasteiger partial charge is 0.232 e. The van der Waals surface area contributed by atoms with Gasteiger partial charge in [-0.15, -0.1) is 12.4 Å². The highest BCUT2D eigenvalue weighted by Gasteiger charge is 2.08. The summed E-state index contributed by atoms with van der Waals surface area (Å²) in [7, 11) is 0. The number of rotatable bonds is 6. The average molecular weight is 394 g/mol. The lowest BCUT2D eigenvalue weighted by atomic mass is 10.0. The van der Waals surface area contributed by atoms with Crippen molar-refractivity contribution in [3.63, 3.8) is 0 Å². The molecular weight excluding hydrogens is 370 g/mol. The fourth-order valence-corrected chi connectivity index (χ4v) is 2.84. The van der Waals surface area contributed by atoms with Crippen LogP contribution in [-0.4, -0.2) is 21.5 Å². The highest BCUT2D eigenvalue weighted by Crippen LogP contribution is 2.21.